The summed E-state index contributed by atoms with van der Waals surface area (Å²) in [5.74, 6) is -0.0365. The lowest BCUT2D eigenvalue weighted by atomic mass is 10.1. The third-order valence-electron chi connectivity index (χ3n) is 2.32. The normalized spacial score (nSPS) is 9.81. The zero-order valence-electron chi connectivity index (χ0n) is 9.49. The molecule has 2 N–H and O–H groups in total. The van der Waals surface area contributed by atoms with E-state index in [1.807, 2.05) is 24.3 Å². The molecular formula is C13H17NO2. The van der Waals surface area contributed by atoms with E-state index in [1.165, 1.54) is 5.56 Å². The van der Waals surface area contributed by atoms with Crippen LogP contribution >= 0.6 is 0 Å². The number of hydrogen-bond acceptors (Lipinski definition) is 2. The molecule has 1 aromatic carbocycles. The molecule has 1 rings (SSSR count). The highest BCUT2D eigenvalue weighted by atomic mass is 16.3. The van der Waals surface area contributed by atoms with E-state index in [0.29, 0.717) is 18.5 Å². The van der Waals surface area contributed by atoms with E-state index in [9.17, 15) is 4.79 Å². The minimum Gasteiger partial charge on any atom is -0.513 e. The Morgan fingerprint density at radius 1 is 1.38 bits per heavy atom. The smallest absolute Gasteiger partial charge is 0.251 e. The molecule has 0 fully saturated rings. The lowest BCUT2D eigenvalue weighted by Crippen LogP contribution is -2.24. The van der Waals surface area contributed by atoms with Crippen molar-refractivity contribution >= 4 is 5.91 Å². The number of carbonyl (C=O) groups excluding carboxylic acids is 1. The number of rotatable bonds is 5. The SMILES string of the molecule is C=C(O)CCNC(=O)c1ccc(CC)cc1. The maximum atomic E-state index is 11.6. The molecule has 0 radical (unpaired) electrons. The number of aliphatic hydroxyl groups excluding tert-OH is 1. The van der Waals surface area contributed by atoms with Crippen molar-refractivity contribution in [3.63, 3.8) is 0 Å². The van der Waals surface area contributed by atoms with Crippen LogP contribution in [0.4, 0.5) is 0 Å². The number of aryl methyl sites for hydroxylation is 1. The number of benzene rings is 1. The van der Waals surface area contributed by atoms with E-state index in [1.54, 1.807) is 0 Å². The van der Waals surface area contributed by atoms with Crippen LogP contribution in [0, 0.1) is 0 Å². The Balaban J connectivity index is 2.49. The van der Waals surface area contributed by atoms with Gasteiger partial charge >= 0.3 is 0 Å². The van der Waals surface area contributed by atoms with Gasteiger partial charge in [-0.15, -0.1) is 0 Å². The Morgan fingerprint density at radius 3 is 2.50 bits per heavy atom. The Hall–Kier alpha value is -1.77. The first-order chi connectivity index (χ1) is 7.63. The second kappa shape index (κ2) is 5.95. The molecule has 3 nitrogen and oxygen atoms in total. The summed E-state index contributed by atoms with van der Waals surface area (Å²) in [6.45, 7) is 5.83. The Labute approximate surface area is 95.8 Å². The van der Waals surface area contributed by atoms with Crippen molar-refractivity contribution in [2.45, 2.75) is 19.8 Å². The topological polar surface area (TPSA) is 49.3 Å². The number of carbonyl (C=O) groups is 1. The molecule has 0 atom stereocenters. The lowest BCUT2D eigenvalue weighted by Gasteiger charge is -2.05. The van der Waals surface area contributed by atoms with Gasteiger partial charge in [0.05, 0.1) is 5.76 Å². The highest BCUT2D eigenvalue weighted by Gasteiger charge is 2.04. The highest BCUT2D eigenvalue weighted by Crippen LogP contribution is 2.04. The van der Waals surface area contributed by atoms with Gasteiger partial charge in [0, 0.05) is 18.5 Å². The van der Waals surface area contributed by atoms with Crippen molar-refractivity contribution in [2.75, 3.05) is 6.54 Å². The summed E-state index contributed by atoms with van der Waals surface area (Å²) >= 11 is 0. The molecule has 3 heteroatoms. The van der Waals surface area contributed by atoms with Crippen LogP contribution in [-0.2, 0) is 6.42 Å². The zero-order chi connectivity index (χ0) is 12.0. The predicted octanol–water partition coefficient (Wildman–Crippen LogP) is 2.44. The average Bonchev–Trinajstić information content (AvgIpc) is 2.28. The molecule has 0 aliphatic heterocycles. The van der Waals surface area contributed by atoms with Gasteiger partial charge in [0.15, 0.2) is 0 Å². The molecule has 1 aromatic rings. The summed E-state index contributed by atoms with van der Waals surface area (Å²) < 4.78 is 0. The van der Waals surface area contributed by atoms with Gasteiger partial charge < -0.3 is 10.4 Å². The second-order valence-corrected chi connectivity index (χ2v) is 3.62. The minimum absolute atomic E-state index is 0.0848. The van der Waals surface area contributed by atoms with E-state index in [2.05, 4.69) is 18.8 Å². The molecule has 16 heavy (non-hydrogen) atoms. The molecule has 0 saturated carbocycles. The van der Waals surface area contributed by atoms with Crippen LogP contribution < -0.4 is 5.32 Å². The Bertz CT molecular complexity index is 368. The van der Waals surface area contributed by atoms with Crippen LogP contribution in [0.2, 0.25) is 0 Å². The van der Waals surface area contributed by atoms with E-state index in [4.69, 9.17) is 5.11 Å². The summed E-state index contributed by atoms with van der Waals surface area (Å²) in [7, 11) is 0. The van der Waals surface area contributed by atoms with Crippen LogP contribution in [-0.4, -0.2) is 17.6 Å². The van der Waals surface area contributed by atoms with Gasteiger partial charge in [-0.05, 0) is 24.1 Å². The van der Waals surface area contributed by atoms with Crippen LogP contribution in [0.5, 0.6) is 0 Å². The first kappa shape index (κ1) is 12.3. The first-order valence-electron chi connectivity index (χ1n) is 5.37. The average molecular weight is 219 g/mol. The fraction of sp³-hybridized carbons (Fsp3) is 0.308. The largest absolute Gasteiger partial charge is 0.513 e. The summed E-state index contributed by atoms with van der Waals surface area (Å²) in [5, 5.41) is 11.6. The predicted molar refractivity (Wildman–Crippen MR) is 64.5 cm³/mol. The molecule has 0 aliphatic rings. The van der Waals surface area contributed by atoms with Crippen LogP contribution in [0.25, 0.3) is 0 Å². The third kappa shape index (κ3) is 3.77. The van der Waals surface area contributed by atoms with Crippen LogP contribution in [0.3, 0.4) is 0 Å². The standard InChI is InChI=1S/C13H17NO2/c1-3-11-4-6-12(7-5-11)13(16)14-9-8-10(2)15/h4-7,15H,2-3,8-9H2,1H3,(H,14,16). The summed E-state index contributed by atoms with van der Waals surface area (Å²) in [6, 6.07) is 7.50. The molecule has 0 aromatic heterocycles. The number of hydrogen-bond donors (Lipinski definition) is 2. The van der Waals surface area contributed by atoms with Gasteiger partial charge in [-0.2, -0.15) is 0 Å². The van der Waals surface area contributed by atoms with Crippen LogP contribution in [0.15, 0.2) is 36.6 Å². The quantitative estimate of drug-likeness (QED) is 0.747. The molecule has 0 aliphatic carbocycles. The number of nitrogens with one attached hydrogen (secondary N) is 1. The summed E-state index contributed by atoms with van der Waals surface area (Å²) in [6.07, 6.45) is 1.35. The summed E-state index contributed by atoms with van der Waals surface area (Å²) in [5.41, 5.74) is 1.85. The van der Waals surface area contributed by atoms with E-state index < -0.39 is 0 Å². The zero-order valence-corrected chi connectivity index (χ0v) is 9.49. The van der Waals surface area contributed by atoms with Crippen LogP contribution in [0.1, 0.15) is 29.3 Å². The number of aliphatic hydroxyl groups is 1. The maximum absolute atomic E-state index is 11.6. The van der Waals surface area contributed by atoms with Crippen molar-refractivity contribution in [2.24, 2.45) is 0 Å². The van der Waals surface area contributed by atoms with Gasteiger partial charge in [0.25, 0.3) is 5.91 Å². The van der Waals surface area contributed by atoms with Gasteiger partial charge in [0.1, 0.15) is 0 Å². The van der Waals surface area contributed by atoms with E-state index >= 15 is 0 Å². The molecular weight excluding hydrogens is 202 g/mol. The minimum atomic E-state index is -0.121. The fourth-order valence-electron chi connectivity index (χ4n) is 1.31. The van der Waals surface area contributed by atoms with Gasteiger partial charge in [0.2, 0.25) is 0 Å². The highest BCUT2D eigenvalue weighted by molar-refractivity contribution is 5.94. The van der Waals surface area contributed by atoms with Gasteiger partial charge in [-0.1, -0.05) is 25.6 Å². The van der Waals surface area contributed by atoms with Gasteiger partial charge in [-0.3, -0.25) is 4.79 Å². The monoisotopic (exact) mass is 219 g/mol. The molecule has 1 amide bonds. The van der Waals surface area contributed by atoms with Crippen molar-refractivity contribution in [1.29, 1.82) is 0 Å². The van der Waals surface area contributed by atoms with Gasteiger partial charge in [-0.25, -0.2) is 0 Å². The maximum Gasteiger partial charge on any atom is 0.251 e. The lowest BCUT2D eigenvalue weighted by molar-refractivity contribution is 0.0953. The van der Waals surface area contributed by atoms with Crippen molar-refractivity contribution in [1.82, 2.24) is 5.32 Å². The van der Waals surface area contributed by atoms with E-state index in [0.717, 1.165) is 6.42 Å². The molecule has 0 heterocycles. The molecule has 0 saturated heterocycles. The molecule has 0 unspecified atom stereocenters. The Morgan fingerprint density at radius 2 is 2.00 bits per heavy atom. The van der Waals surface area contributed by atoms with Crippen molar-refractivity contribution < 1.29 is 9.90 Å². The summed E-state index contributed by atoms with van der Waals surface area (Å²) in [4.78, 5) is 11.6. The fourth-order valence-corrected chi connectivity index (χ4v) is 1.31. The second-order valence-electron chi connectivity index (χ2n) is 3.62. The third-order valence-corrected chi connectivity index (χ3v) is 2.32. The molecule has 0 bridgehead atoms. The molecule has 86 valence electrons. The number of amides is 1. The first-order valence-corrected chi connectivity index (χ1v) is 5.37. The van der Waals surface area contributed by atoms with Crippen molar-refractivity contribution in [3.8, 4) is 0 Å². The Kier molecular flexibility index (Phi) is 4.58. The molecule has 0 spiro atoms. The van der Waals surface area contributed by atoms with Crippen molar-refractivity contribution in [3.05, 3.63) is 47.7 Å². The van der Waals surface area contributed by atoms with E-state index in [-0.39, 0.29) is 11.7 Å².